The number of aromatic hydroxyl groups is 2. The summed E-state index contributed by atoms with van der Waals surface area (Å²) in [6.07, 6.45) is 6.66. The number of carbonyl (C=O) groups is 1. The van der Waals surface area contributed by atoms with Crippen molar-refractivity contribution in [1.82, 2.24) is 4.90 Å². The molecular weight excluding hydrogens is 345 g/mol. The standard InChI is InChI=1S/C19H15ClFNO3/c1-2-11-5-6-12(8-15(11)21)16-4-3-7-22(16)19(25)13-9-14(20)18(24)10-17(13)23/h1,5-6,8-10,16,23-24H,3-4,7H2/t16-/m1/s1. The van der Waals surface area contributed by atoms with Crippen molar-refractivity contribution >= 4 is 17.5 Å². The molecule has 0 spiro atoms. The highest BCUT2D eigenvalue weighted by atomic mass is 35.5. The molecule has 4 nitrogen and oxygen atoms in total. The van der Waals surface area contributed by atoms with Gasteiger partial charge < -0.3 is 15.1 Å². The first-order valence-electron chi connectivity index (χ1n) is 7.71. The van der Waals surface area contributed by atoms with E-state index in [0.717, 1.165) is 12.5 Å². The molecule has 2 aromatic rings. The smallest absolute Gasteiger partial charge is 0.258 e. The van der Waals surface area contributed by atoms with Crippen LogP contribution >= 0.6 is 11.6 Å². The number of hydrogen-bond donors (Lipinski definition) is 2. The fraction of sp³-hybridized carbons (Fsp3) is 0.211. The van der Waals surface area contributed by atoms with Crippen LogP contribution in [0.5, 0.6) is 11.5 Å². The SMILES string of the molecule is C#Cc1ccc([C@H]2CCCN2C(=O)c2cc(Cl)c(O)cc2O)cc1F. The normalized spacial score (nSPS) is 16.7. The fourth-order valence-electron chi connectivity index (χ4n) is 3.09. The molecule has 0 aromatic heterocycles. The van der Waals surface area contributed by atoms with Gasteiger partial charge in [-0.2, -0.15) is 0 Å². The predicted octanol–water partition coefficient (Wildman–Crippen LogP) is 3.85. The van der Waals surface area contributed by atoms with E-state index >= 15 is 0 Å². The van der Waals surface area contributed by atoms with Crippen LogP contribution in [0.1, 0.15) is 40.4 Å². The first kappa shape index (κ1) is 17.1. The van der Waals surface area contributed by atoms with Crippen LogP contribution in [-0.4, -0.2) is 27.6 Å². The highest BCUT2D eigenvalue weighted by Crippen LogP contribution is 2.37. The van der Waals surface area contributed by atoms with Crippen LogP contribution < -0.4 is 0 Å². The molecule has 6 heteroatoms. The molecule has 0 saturated carbocycles. The number of carbonyl (C=O) groups excluding carboxylic acids is 1. The summed E-state index contributed by atoms with van der Waals surface area (Å²) in [4.78, 5) is 14.4. The van der Waals surface area contributed by atoms with Crippen LogP contribution in [0.2, 0.25) is 5.02 Å². The molecule has 1 aliphatic heterocycles. The van der Waals surface area contributed by atoms with Crippen LogP contribution in [0.4, 0.5) is 4.39 Å². The van der Waals surface area contributed by atoms with Gasteiger partial charge in [-0.3, -0.25) is 4.79 Å². The molecule has 1 aliphatic rings. The molecule has 1 fully saturated rings. The van der Waals surface area contributed by atoms with Crippen LogP contribution in [-0.2, 0) is 0 Å². The predicted molar refractivity (Wildman–Crippen MR) is 92.1 cm³/mol. The van der Waals surface area contributed by atoms with Crippen molar-refractivity contribution in [3.8, 4) is 23.8 Å². The zero-order valence-electron chi connectivity index (χ0n) is 13.2. The molecule has 2 N–H and O–H groups in total. The Bertz CT molecular complexity index is 891. The van der Waals surface area contributed by atoms with Crippen LogP contribution in [0.15, 0.2) is 30.3 Å². The molecule has 0 radical (unpaired) electrons. The van der Waals surface area contributed by atoms with Crippen molar-refractivity contribution in [2.75, 3.05) is 6.54 Å². The molecule has 1 heterocycles. The minimum atomic E-state index is -0.505. The number of rotatable bonds is 2. The van der Waals surface area contributed by atoms with E-state index in [0.29, 0.717) is 18.5 Å². The number of halogens is 2. The zero-order chi connectivity index (χ0) is 18.1. The van der Waals surface area contributed by atoms with Crippen molar-refractivity contribution in [3.05, 3.63) is 57.9 Å². The van der Waals surface area contributed by atoms with Crippen LogP contribution in [0, 0.1) is 18.2 Å². The van der Waals surface area contributed by atoms with Gasteiger partial charge in [-0.15, -0.1) is 6.42 Å². The Balaban J connectivity index is 1.94. The lowest BCUT2D eigenvalue weighted by molar-refractivity contribution is 0.0732. The third kappa shape index (κ3) is 3.13. The molecule has 0 bridgehead atoms. The Morgan fingerprint density at radius 1 is 1.28 bits per heavy atom. The molecule has 1 saturated heterocycles. The van der Waals surface area contributed by atoms with E-state index in [2.05, 4.69) is 5.92 Å². The number of amides is 1. The number of benzene rings is 2. The topological polar surface area (TPSA) is 60.8 Å². The van der Waals surface area contributed by atoms with Crippen molar-refractivity contribution in [3.63, 3.8) is 0 Å². The van der Waals surface area contributed by atoms with E-state index in [1.165, 1.54) is 18.2 Å². The molecular formula is C19H15ClFNO3. The van der Waals surface area contributed by atoms with Gasteiger partial charge in [0.15, 0.2) is 0 Å². The van der Waals surface area contributed by atoms with Gasteiger partial charge in [-0.25, -0.2) is 4.39 Å². The van der Waals surface area contributed by atoms with Gasteiger partial charge in [0.05, 0.1) is 22.2 Å². The van der Waals surface area contributed by atoms with E-state index in [1.54, 1.807) is 11.0 Å². The number of likely N-dealkylation sites (tertiary alicyclic amines) is 1. The highest BCUT2D eigenvalue weighted by Gasteiger charge is 2.32. The molecule has 25 heavy (non-hydrogen) atoms. The van der Waals surface area contributed by atoms with E-state index in [4.69, 9.17) is 18.0 Å². The summed E-state index contributed by atoms with van der Waals surface area (Å²) in [5.74, 6) is 0.672. The monoisotopic (exact) mass is 359 g/mol. The quantitative estimate of drug-likeness (QED) is 0.801. The van der Waals surface area contributed by atoms with Crippen molar-refractivity contribution in [1.29, 1.82) is 0 Å². The second kappa shape index (κ2) is 6.66. The number of hydrogen-bond acceptors (Lipinski definition) is 3. The molecule has 1 atom stereocenters. The lowest BCUT2D eigenvalue weighted by Crippen LogP contribution is -2.30. The van der Waals surface area contributed by atoms with Gasteiger partial charge in [0.1, 0.15) is 17.3 Å². The van der Waals surface area contributed by atoms with Crippen LogP contribution in [0.25, 0.3) is 0 Å². The third-order valence-corrected chi connectivity index (χ3v) is 4.65. The van der Waals surface area contributed by atoms with Gasteiger partial charge >= 0.3 is 0 Å². The molecule has 0 unspecified atom stereocenters. The first-order chi connectivity index (χ1) is 11.9. The van der Waals surface area contributed by atoms with Crippen LogP contribution in [0.3, 0.4) is 0 Å². The van der Waals surface area contributed by atoms with E-state index in [1.807, 2.05) is 0 Å². The molecule has 0 aliphatic carbocycles. The fourth-order valence-corrected chi connectivity index (χ4v) is 3.25. The summed E-state index contributed by atoms with van der Waals surface area (Å²) in [7, 11) is 0. The maximum absolute atomic E-state index is 14.0. The van der Waals surface area contributed by atoms with Gasteiger partial charge in [-0.1, -0.05) is 23.6 Å². The summed E-state index contributed by atoms with van der Waals surface area (Å²) in [6, 6.07) is 6.50. The number of phenolic OH excluding ortho intramolecular Hbond substituents is 2. The molecule has 2 aromatic carbocycles. The Labute approximate surface area is 149 Å². The lowest BCUT2D eigenvalue weighted by Gasteiger charge is -2.26. The minimum absolute atomic E-state index is 0.00424. The molecule has 3 rings (SSSR count). The Kier molecular flexibility index (Phi) is 4.56. The number of terminal acetylenes is 1. The second-order valence-electron chi connectivity index (χ2n) is 5.86. The number of phenols is 2. The van der Waals surface area contributed by atoms with E-state index in [9.17, 15) is 19.4 Å². The molecule has 1 amide bonds. The van der Waals surface area contributed by atoms with Gasteiger partial charge in [0, 0.05) is 12.6 Å². The summed E-state index contributed by atoms with van der Waals surface area (Å²) in [5, 5.41) is 19.4. The van der Waals surface area contributed by atoms with E-state index < -0.39 is 11.7 Å². The average molecular weight is 360 g/mol. The summed E-state index contributed by atoms with van der Waals surface area (Å²) in [6.45, 7) is 0.472. The first-order valence-corrected chi connectivity index (χ1v) is 8.08. The zero-order valence-corrected chi connectivity index (χ0v) is 13.9. The summed E-state index contributed by atoms with van der Waals surface area (Å²) in [5.41, 5.74) is 0.810. The number of nitrogens with zero attached hydrogens (tertiary/aromatic N) is 1. The Morgan fingerprint density at radius 3 is 2.72 bits per heavy atom. The Morgan fingerprint density at radius 2 is 2.04 bits per heavy atom. The van der Waals surface area contributed by atoms with Crippen molar-refractivity contribution in [2.45, 2.75) is 18.9 Å². The van der Waals surface area contributed by atoms with E-state index in [-0.39, 0.29) is 33.7 Å². The third-order valence-electron chi connectivity index (χ3n) is 4.34. The van der Waals surface area contributed by atoms with Gasteiger partial charge in [0.2, 0.25) is 0 Å². The highest BCUT2D eigenvalue weighted by molar-refractivity contribution is 6.32. The van der Waals surface area contributed by atoms with Gasteiger partial charge in [0.25, 0.3) is 5.91 Å². The maximum Gasteiger partial charge on any atom is 0.258 e. The largest absolute Gasteiger partial charge is 0.507 e. The summed E-state index contributed by atoms with van der Waals surface area (Å²) >= 11 is 5.84. The van der Waals surface area contributed by atoms with Crippen molar-refractivity contribution < 1.29 is 19.4 Å². The summed E-state index contributed by atoms with van der Waals surface area (Å²) < 4.78 is 14.0. The second-order valence-corrected chi connectivity index (χ2v) is 6.27. The Hall–Kier alpha value is -2.71. The van der Waals surface area contributed by atoms with Crippen molar-refractivity contribution in [2.24, 2.45) is 0 Å². The minimum Gasteiger partial charge on any atom is -0.507 e. The average Bonchev–Trinajstić information content (AvgIpc) is 3.07. The lowest BCUT2D eigenvalue weighted by atomic mass is 10.0. The molecule has 128 valence electrons. The maximum atomic E-state index is 14.0. The van der Waals surface area contributed by atoms with Gasteiger partial charge in [-0.05, 0) is 36.6 Å².